The standard InChI is InChI=1S/C22H28O6/c1-15-3-7-17(8-4-15)12-27-14-20(22(26)21(25)19(24)11-23)28-13-18-9-5-16(2)6-10-18/h3-10,12-13,19-26H,11,14H2,1-2H3/t19-,20+,21-,22-/m1/s1. The van der Waals surface area contributed by atoms with Gasteiger partial charge in [0.2, 0.25) is 0 Å². The lowest BCUT2D eigenvalue weighted by Crippen LogP contribution is -2.47. The van der Waals surface area contributed by atoms with E-state index in [-0.39, 0.29) is 6.61 Å². The van der Waals surface area contributed by atoms with Crippen molar-refractivity contribution in [2.24, 2.45) is 0 Å². The normalized spacial score (nSPS) is 15.9. The summed E-state index contributed by atoms with van der Waals surface area (Å²) in [7, 11) is 0. The second-order valence-electron chi connectivity index (χ2n) is 6.80. The van der Waals surface area contributed by atoms with Crippen LogP contribution in [-0.4, -0.2) is 64.3 Å². The SMILES string of the molecule is Cc1ccc(C=[O+]C[C@H](O[CH-]c2ccc(C)cc2)[C@@H](O)[C@H](O)[C@H](O)CO)cc1. The molecule has 0 aliphatic heterocycles. The van der Waals surface area contributed by atoms with E-state index < -0.39 is 31.0 Å². The molecule has 0 aromatic heterocycles. The van der Waals surface area contributed by atoms with E-state index in [1.807, 2.05) is 62.4 Å². The van der Waals surface area contributed by atoms with Gasteiger partial charge in [-0.25, -0.2) is 0 Å². The van der Waals surface area contributed by atoms with Crippen molar-refractivity contribution in [1.29, 1.82) is 0 Å². The number of hydrogen-bond acceptors (Lipinski definition) is 5. The summed E-state index contributed by atoms with van der Waals surface area (Å²) in [6, 6.07) is 15.2. The first-order chi connectivity index (χ1) is 13.4. The van der Waals surface area contributed by atoms with Crippen LogP contribution in [0.2, 0.25) is 0 Å². The molecule has 6 heteroatoms. The summed E-state index contributed by atoms with van der Waals surface area (Å²) < 4.78 is 11.2. The van der Waals surface area contributed by atoms with Gasteiger partial charge in [0.25, 0.3) is 6.61 Å². The van der Waals surface area contributed by atoms with Gasteiger partial charge in [0, 0.05) is 0 Å². The number of aldehydes is 1. The Morgan fingerprint density at radius 2 is 1.50 bits per heavy atom. The third-order valence-corrected chi connectivity index (χ3v) is 4.33. The second kappa shape index (κ2) is 10.9. The average molecular weight is 388 g/mol. The molecule has 28 heavy (non-hydrogen) atoms. The molecule has 0 radical (unpaired) electrons. The van der Waals surface area contributed by atoms with Crippen LogP contribution in [0.1, 0.15) is 26.7 Å². The van der Waals surface area contributed by atoms with Crippen molar-refractivity contribution in [2.45, 2.75) is 38.3 Å². The molecule has 152 valence electrons. The van der Waals surface area contributed by atoms with Crippen molar-refractivity contribution < 1.29 is 29.6 Å². The number of benzene rings is 2. The molecule has 4 N–H and O–H groups in total. The Kier molecular flexibility index (Phi) is 8.63. The van der Waals surface area contributed by atoms with Gasteiger partial charge in [0.15, 0.2) is 6.10 Å². The van der Waals surface area contributed by atoms with Crippen LogP contribution in [-0.2, 0) is 4.74 Å². The summed E-state index contributed by atoms with van der Waals surface area (Å²) in [6.45, 7) is 4.68. The third kappa shape index (κ3) is 6.74. The van der Waals surface area contributed by atoms with Crippen molar-refractivity contribution >= 4 is 6.29 Å². The Morgan fingerprint density at radius 1 is 0.929 bits per heavy atom. The molecule has 0 unspecified atom stereocenters. The minimum atomic E-state index is -1.58. The van der Waals surface area contributed by atoms with Crippen molar-refractivity contribution in [1.82, 2.24) is 0 Å². The highest BCUT2D eigenvalue weighted by Gasteiger charge is 2.34. The number of hydrogen-bond donors (Lipinski definition) is 4. The van der Waals surface area contributed by atoms with Crippen LogP contribution in [0.5, 0.6) is 0 Å². The molecule has 0 amide bonds. The van der Waals surface area contributed by atoms with Crippen molar-refractivity contribution in [3.63, 3.8) is 0 Å². The molecule has 0 saturated carbocycles. The largest absolute Gasteiger partial charge is 0.399 e. The molecule has 2 rings (SSSR count). The average Bonchev–Trinajstić information content (AvgIpc) is 2.71. The molecular formula is C22H28O6. The molecule has 0 bridgehead atoms. The summed E-state index contributed by atoms with van der Waals surface area (Å²) >= 11 is 0. The number of aliphatic hydroxyl groups excluding tert-OH is 4. The van der Waals surface area contributed by atoms with Gasteiger partial charge in [-0.05, 0) is 26.0 Å². The number of rotatable bonds is 10. The van der Waals surface area contributed by atoms with Crippen LogP contribution in [0.25, 0.3) is 0 Å². The predicted molar refractivity (Wildman–Crippen MR) is 106 cm³/mol. The molecule has 2 aromatic carbocycles. The Balaban J connectivity index is 2.05. The Morgan fingerprint density at radius 3 is 2.07 bits per heavy atom. The van der Waals surface area contributed by atoms with Crippen LogP contribution in [0.3, 0.4) is 0 Å². The Labute approximate surface area is 165 Å². The molecule has 0 heterocycles. The van der Waals surface area contributed by atoms with E-state index in [1.54, 1.807) is 0 Å². The van der Waals surface area contributed by atoms with Gasteiger partial charge in [0.05, 0.1) is 12.2 Å². The minimum absolute atomic E-state index is 0.0629. The van der Waals surface area contributed by atoms with Gasteiger partial charge >= 0.3 is 6.29 Å². The highest BCUT2D eigenvalue weighted by atomic mass is 16.5. The van der Waals surface area contributed by atoms with E-state index in [2.05, 4.69) is 0 Å². The van der Waals surface area contributed by atoms with Crippen LogP contribution in [0.15, 0.2) is 48.5 Å². The zero-order valence-corrected chi connectivity index (χ0v) is 16.1. The predicted octanol–water partition coefficient (Wildman–Crippen LogP) is 1.32. The van der Waals surface area contributed by atoms with Gasteiger partial charge in [-0.15, -0.1) is 12.1 Å². The fourth-order valence-electron chi connectivity index (χ4n) is 2.47. The van der Waals surface area contributed by atoms with E-state index in [0.717, 1.165) is 22.3 Å². The molecular weight excluding hydrogens is 360 g/mol. The maximum absolute atomic E-state index is 10.4. The zero-order valence-electron chi connectivity index (χ0n) is 16.1. The van der Waals surface area contributed by atoms with E-state index >= 15 is 0 Å². The fourth-order valence-corrected chi connectivity index (χ4v) is 2.47. The lowest BCUT2D eigenvalue weighted by molar-refractivity contribution is -0.301. The summed E-state index contributed by atoms with van der Waals surface area (Å²) in [4.78, 5) is 0. The monoisotopic (exact) mass is 388 g/mol. The van der Waals surface area contributed by atoms with Crippen molar-refractivity contribution in [2.75, 3.05) is 13.2 Å². The molecule has 2 aromatic rings. The topological polar surface area (TPSA) is 101 Å². The van der Waals surface area contributed by atoms with Gasteiger partial charge in [-0.1, -0.05) is 29.9 Å². The van der Waals surface area contributed by atoms with Crippen molar-refractivity contribution in [3.8, 4) is 0 Å². The van der Waals surface area contributed by atoms with Crippen molar-refractivity contribution in [3.05, 3.63) is 77.4 Å². The molecule has 0 aliphatic carbocycles. The summed E-state index contributed by atoms with van der Waals surface area (Å²) in [5, 5.41) is 39.0. The summed E-state index contributed by atoms with van der Waals surface area (Å²) in [6.07, 6.45) is -3.95. The van der Waals surface area contributed by atoms with Crippen LogP contribution in [0, 0.1) is 20.5 Å². The number of carbonyl (C=O) groups excluding carboxylic acids is 1. The number of ether oxygens (including phenoxy) is 1. The van der Waals surface area contributed by atoms with Gasteiger partial charge in [-0.2, -0.15) is 17.7 Å². The Bertz CT molecular complexity index is 726. The van der Waals surface area contributed by atoms with Gasteiger partial charge < -0.3 is 25.2 Å². The maximum atomic E-state index is 10.4. The van der Waals surface area contributed by atoms with Crippen LogP contribution < -0.4 is 0 Å². The number of aliphatic hydroxyl groups is 4. The second-order valence-corrected chi connectivity index (χ2v) is 6.80. The summed E-state index contributed by atoms with van der Waals surface area (Å²) in [5.74, 6) is 0. The Hall–Kier alpha value is -2.22. The van der Waals surface area contributed by atoms with Gasteiger partial charge in [0.1, 0.15) is 18.3 Å². The smallest absolute Gasteiger partial charge is 0.315 e. The van der Waals surface area contributed by atoms with Gasteiger partial charge in [-0.3, -0.25) is 4.42 Å². The first kappa shape index (κ1) is 22.1. The fraction of sp³-hybridized carbons (Fsp3) is 0.364. The van der Waals surface area contributed by atoms with Crippen LogP contribution >= 0.6 is 0 Å². The summed E-state index contributed by atoms with van der Waals surface area (Å²) in [5.41, 5.74) is 3.86. The first-order valence-corrected chi connectivity index (χ1v) is 9.12. The maximum Gasteiger partial charge on any atom is 0.315 e. The highest BCUT2D eigenvalue weighted by molar-refractivity contribution is 5.75. The molecule has 0 fully saturated rings. The molecule has 0 aliphatic rings. The molecule has 0 spiro atoms. The highest BCUT2D eigenvalue weighted by Crippen LogP contribution is 2.14. The molecule has 6 nitrogen and oxygen atoms in total. The first-order valence-electron chi connectivity index (χ1n) is 9.12. The molecule has 4 atom stereocenters. The van der Waals surface area contributed by atoms with E-state index in [4.69, 9.17) is 14.3 Å². The zero-order chi connectivity index (χ0) is 20.5. The minimum Gasteiger partial charge on any atom is -0.399 e. The molecule has 0 saturated heterocycles. The van der Waals surface area contributed by atoms with E-state index in [0.29, 0.717) is 0 Å². The third-order valence-electron chi connectivity index (χ3n) is 4.33. The quantitative estimate of drug-likeness (QED) is 0.279. The lowest BCUT2D eigenvalue weighted by Gasteiger charge is -2.27. The van der Waals surface area contributed by atoms with E-state index in [9.17, 15) is 15.3 Å². The van der Waals surface area contributed by atoms with Crippen LogP contribution in [0.4, 0.5) is 0 Å². The van der Waals surface area contributed by atoms with E-state index in [1.165, 1.54) is 12.9 Å². The lowest BCUT2D eigenvalue weighted by atomic mass is 10.0. The number of aryl methyl sites for hydroxylation is 2.